The molecule has 0 saturated heterocycles. The normalized spacial score (nSPS) is 15.0. The van der Waals surface area contributed by atoms with Gasteiger partial charge in [0.2, 0.25) is 5.71 Å². The van der Waals surface area contributed by atoms with Crippen LogP contribution < -0.4 is 0 Å². The van der Waals surface area contributed by atoms with Crippen molar-refractivity contribution >= 4 is 11.4 Å². The van der Waals surface area contributed by atoms with Crippen molar-refractivity contribution in [3.8, 4) is 33.5 Å². The summed E-state index contributed by atoms with van der Waals surface area (Å²) < 4.78 is 1.97. The SMILES string of the molecule is c1ccc(-c2cccc([N+]3=NN=C(c4ccc5c(c4)C4(c6ccccc6-c6ccccc64)c4ccccc4-5)C3)c2)nc1. The van der Waals surface area contributed by atoms with E-state index in [2.05, 4.69) is 125 Å². The maximum absolute atomic E-state index is 4.70. The first-order chi connectivity index (χ1) is 20.8. The van der Waals surface area contributed by atoms with E-state index < -0.39 is 0 Å². The molecule has 9 rings (SSSR count). The number of aromatic nitrogens is 1. The highest BCUT2D eigenvalue weighted by Crippen LogP contribution is 2.62. The van der Waals surface area contributed by atoms with Crippen LogP contribution in [0.4, 0.5) is 5.69 Å². The zero-order valence-corrected chi connectivity index (χ0v) is 22.8. The second kappa shape index (κ2) is 8.76. The third kappa shape index (κ3) is 3.12. The summed E-state index contributed by atoms with van der Waals surface area (Å²) in [7, 11) is 0. The summed E-state index contributed by atoms with van der Waals surface area (Å²) in [6.45, 7) is 0.609. The molecule has 3 aliphatic rings. The van der Waals surface area contributed by atoms with Crippen LogP contribution >= 0.6 is 0 Å². The van der Waals surface area contributed by atoms with Crippen molar-refractivity contribution < 1.29 is 4.70 Å². The molecule has 2 heterocycles. The Hall–Kier alpha value is -5.48. The first-order valence-corrected chi connectivity index (χ1v) is 14.3. The summed E-state index contributed by atoms with van der Waals surface area (Å²) in [6.07, 6.45) is 1.82. The molecule has 5 aromatic carbocycles. The van der Waals surface area contributed by atoms with E-state index in [9.17, 15) is 0 Å². The summed E-state index contributed by atoms with van der Waals surface area (Å²) in [5, 5.41) is 9.29. The topological polar surface area (TPSA) is 40.6 Å². The van der Waals surface area contributed by atoms with Crippen LogP contribution in [0, 0.1) is 0 Å². The minimum absolute atomic E-state index is 0.359. The van der Waals surface area contributed by atoms with E-state index in [0.29, 0.717) is 6.54 Å². The smallest absolute Gasteiger partial charge is 0.231 e. The number of rotatable bonds is 3. The second-order valence-electron chi connectivity index (χ2n) is 11.1. The molecule has 4 heteroatoms. The Kier molecular flexibility index (Phi) is 4.85. The fraction of sp³-hybridized carbons (Fsp3) is 0.0526. The molecule has 0 amide bonds. The second-order valence-corrected chi connectivity index (χ2v) is 11.1. The van der Waals surface area contributed by atoms with Crippen molar-refractivity contribution in [2.24, 2.45) is 10.3 Å². The van der Waals surface area contributed by atoms with Gasteiger partial charge in [0, 0.05) is 17.3 Å². The van der Waals surface area contributed by atoms with E-state index in [-0.39, 0.29) is 5.41 Å². The van der Waals surface area contributed by atoms with Gasteiger partial charge in [0.15, 0.2) is 12.2 Å². The van der Waals surface area contributed by atoms with E-state index in [1.54, 1.807) is 0 Å². The summed E-state index contributed by atoms with van der Waals surface area (Å²) in [5.41, 5.74) is 15.3. The first-order valence-electron chi connectivity index (χ1n) is 14.3. The van der Waals surface area contributed by atoms with E-state index >= 15 is 0 Å². The molecule has 196 valence electrons. The van der Waals surface area contributed by atoms with Gasteiger partial charge in [-0.25, -0.2) is 0 Å². The lowest BCUT2D eigenvalue weighted by Crippen LogP contribution is -2.26. The third-order valence-corrected chi connectivity index (χ3v) is 9.01. The van der Waals surface area contributed by atoms with Crippen LogP contribution in [-0.4, -0.2) is 21.9 Å². The van der Waals surface area contributed by atoms with Crippen molar-refractivity contribution in [3.05, 3.63) is 167 Å². The molecular weight excluding hydrogens is 512 g/mol. The Morgan fingerprint density at radius 3 is 1.83 bits per heavy atom. The molecule has 0 fully saturated rings. The van der Waals surface area contributed by atoms with E-state index in [0.717, 1.165) is 28.2 Å². The molecule has 0 radical (unpaired) electrons. The summed E-state index contributed by atoms with van der Waals surface area (Å²) >= 11 is 0. The fourth-order valence-electron chi connectivity index (χ4n) is 7.24. The maximum atomic E-state index is 4.70. The molecule has 1 aromatic heterocycles. The third-order valence-electron chi connectivity index (χ3n) is 9.01. The van der Waals surface area contributed by atoms with Crippen LogP contribution in [0.2, 0.25) is 0 Å². The van der Waals surface area contributed by atoms with Crippen molar-refractivity contribution in [3.63, 3.8) is 0 Å². The molecule has 0 saturated carbocycles. The average molecular weight is 538 g/mol. The standard InChI is InChI=1S/C38H25N4/c1-4-15-32-28(12-1)29-13-2-5-16-33(29)38(32)34-17-6-3-14-30(34)31-20-19-26(23-35(31)38)37-24-42(41-40-37)27-11-9-10-25(22-27)36-18-7-8-21-39-36/h1-23H,24H2/q+1. The Labute approximate surface area is 244 Å². The van der Waals surface area contributed by atoms with E-state index in [4.69, 9.17) is 5.10 Å². The van der Waals surface area contributed by atoms with Gasteiger partial charge in [0.05, 0.1) is 16.2 Å². The molecule has 1 spiro atoms. The molecule has 0 atom stereocenters. The van der Waals surface area contributed by atoms with Gasteiger partial charge in [-0.3, -0.25) is 4.98 Å². The van der Waals surface area contributed by atoms with Crippen LogP contribution in [0.1, 0.15) is 27.8 Å². The molecule has 2 aliphatic carbocycles. The molecule has 0 N–H and O–H groups in total. The number of hydrogen-bond donors (Lipinski definition) is 0. The van der Waals surface area contributed by atoms with Gasteiger partial charge in [-0.05, 0) is 74.8 Å². The molecule has 4 nitrogen and oxygen atoms in total. The average Bonchev–Trinajstić information content (AvgIpc) is 3.75. The number of hydrogen-bond acceptors (Lipinski definition) is 3. The number of pyridine rings is 1. The highest BCUT2D eigenvalue weighted by Gasteiger charge is 2.51. The van der Waals surface area contributed by atoms with Gasteiger partial charge in [-0.1, -0.05) is 103 Å². The number of nitrogens with zero attached hydrogens (tertiary/aromatic N) is 4. The van der Waals surface area contributed by atoms with Crippen molar-refractivity contribution in [1.29, 1.82) is 0 Å². The summed E-state index contributed by atoms with van der Waals surface area (Å²) in [5.74, 6) is 0. The Balaban J connectivity index is 1.15. The monoisotopic (exact) mass is 537 g/mol. The van der Waals surface area contributed by atoms with Crippen LogP contribution in [0.3, 0.4) is 0 Å². The summed E-state index contributed by atoms with van der Waals surface area (Å²) in [4.78, 5) is 4.52. The van der Waals surface area contributed by atoms with E-state index in [1.165, 1.54) is 44.5 Å². The largest absolute Gasteiger partial charge is 0.256 e. The fourth-order valence-corrected chi connectivity index (χ4v) is 7.24. The molecule has 0 bridgehead atoms. The zero-order valence-electron chi connectivity index (χ0n) is 22.8. The minimum atomic E-state index is -0.359. The molecule has 0 unspecified atom stereocenters. The minimum Gasteiger partial charge on any atom is -0.256 e. The molecule has 1 aliphatic heterocycles. The van der Waals surface area contributed by atoms with Gasteiger partial charge < -0.3 is 0 Å². The van der Waals surface area contributed by atoms with Crippen molar-refractivity contribution in [1.82, 2.24) is 4.98 Å². The first kappa shape index (κ1) is 23.2. The lowest BCUT2D eigenvalue weighted by molar-refractivity contribution is -0.492. The van der Waals surface area contributed by atoms with Crippen molar-refractivity contribution in [2.75, 3.05) is 6.54 Å². The molecule has 42 heavy (non-hydrogen) atoms. The van der Waals surface area contributed by atoms with Crippen molar-refractivity contribution in [2.45, 2.75) is 5.41 Å². The Morgan fingerprint density at radius 2 is 1.17 bits per heavy atom. The van der Waals surface area contributed by atoms with Crippen LogP contribution in [-0.2, 0) is 5.41 Å². The van der Waals surface area contributed by atoms with E-state index in [1.807, 2.05) is 29.1 Å². The highest BCUT2D eigenvalue weighted by atomic mass is 15.5. The number of fused-ring (bicyclic) bond motifs is 10. The van der Waals surface area contributed by atoms with Gasteiger partial charge in [-0.15, -0.1) is 4.70 Å². The predicted molar refractivity (Wildman–Crippen MR) is 166 cm³/mol. The zero-order chi connectivity index (χ0) is 27.7. The van der Waals surface area contributed by atoms with Crippen LogP contribution in [0.25, 0.3) is 33.5 Å². The molecule has 6 aromatic rings. The Bertz CT molecular complexity index is 2060. The van der Waals surface area contributed by atoms with Gasteiger partial charge in [-0.2, -0.15) is 0 Å². The lowest BCUT2D eigenvalue weighted by atomic mass is 9.70. The van der Waals surface area contributed by atoms with Crippen LogP contribution in [0.15, 0.2) is 150 Å². The molecular formula is C38H25N4+. The summed E-state index contributed by atoms with van der Waals surface area (Å²) in [6, 6.07) is 47.9. The lowest BCUT2D eigenvalue weighted by Gasteiger charge is -2.30. The highest BCUT2D eigenvalue weighted by molar-refractivity contribution is 6.04. The number of benzene rings is 5. The maximum Gasteiger partial charge on any atom is 0.231 e. The quantitative estimate of drug-likeness (QED) is 0.208. The predicted octanol–water partition coefficient (Wildman–Crippen LogP) is 8.61. The van der Waals surface area contributed by atoms with Gasteiger partial charge in [0.1, 0.15) is 5.22 Å². The van der Waals surface area contributed by atoms with Gasteiger partial charge in [0.25, 0.3) is 0 Å². The van der Waals surface area contributed by atoms with Crippen LogP contribution in [0.5, 0.6) is 0 Å². The Morgan fingerprint density at radius 1 is 0.524 bits per heavy atom. The van der Waals surface area contributed by atoms with Gasteiger partial charge >= 0.3 is 0 Å².